The first-order chi connectivity index (χ1) is 8.11. The number of amides is 2. The summed E-state index contributed by atoms with van der Waals surface area (Å²) in [5.41, 5.74) is 0.850. The van der Waals surface area contributed by atoms with Gasteiger partial charge in [-0.2, -0.15) is 0 Å². The van der Waals surface area contributed by atoms with Gasteiger partial charge in [-0.05, 0) is 24.6 Å². The average molecular weight is 238 g/mol. The lowest BCUT2D eigenvalue weighted by molar-refractivity contribution is 0.161. The first kappa shape index (κ1) is 12.8. The van der Waals surface area contributed by atoms with Crippen LogP contribution in [0.25, 0.3) is 0 Å². The van der Waals surface area contributed by atoms with Crippen molar-refractivity contribution >= 4 is 23.6 Å². The number of hydrogen-bond donors (Lipinski definition) is 3. The third kappa shape index (κ3) is 4.87. The Morgan fingerprint density at radius 1 is 1.29 bits per heavy atom. The normalized spacial score (nSPS) is 9.47. The summed E-state index contributed by atoms with van der Waals surface area (Å²) in [5, 5.41) is 13.2. The summed E-state index contributed by atoms with van der Waals surface area (Å²) >= 11 is 0. The molecule has 0 aromatic heterocycles. The minimum Gasteiger partial charge on any atom is -0.465 e. The van der Waals surface area contributed by atoms with Crippen LogP contribution in [0.15, 0.2) is 24.3 Å². The fourth-order valence-electron chi connectivity index (χ4n) is 1.15. The first-order valence-corrected chi connectivity index (χ1v) is 5.15. The van der Waals surface area contributed by atoms with Crippen LogP contribution < -0.4 is 10.6 Å². The van der Waals surface area contributed by atoms with Crippen molar-refractivity contribution in [3.8, 4) is 0 Å². The van der Waals surface area contributed by atoms with Crippen LogP contribution in [0.3, 0.4) is 0 Å². The number of carbonyl (C=O) groups excluding carboxylic acids is 1. The molecule has 6 heteroatoms. The maximum Gasteiger partial charge on any atom is 0.411 e. The number of benzene rings is 1. The second kappa shape index (κ2) is 6.37. The van der Waals surface area contributed by atoms with Gasteiger partial charge in [0, 0.05) is 11.4 Å². The smallest absolute Gasteiger partial charge is 0.411 e. The maximum atomic E-state index is 11.2. The highest BCUT2D eigenvalue weighted by molar-refractivity contribution is 5.88. The molecular formula is C11H14N2O4. The summed E-state index contributed by atoms with van der Waals surface area (Å²) in [5.74, 6) is 0. The van der Waals surface area contributed by atoms with Gasteiger partial charge in [0.25, 0.3) is 0 Å². The molecule has 0 atom stereocenters. The lowest BCUT2D eigenvalue weighted by Gasteiger charge is -2.07. The Labute approximate surface area is 98.6 Å². The summed E-state index contributed by atoms with van der Waals surface area (Å²) in [7, 11) is 0. The quantitative estimate of drug-likeness (QED) is 0.752. The lowest BCUT2D eigenvalue weighted by Crippen LogP contribution is -2.14. The van der Waals surface area contributed by atoms with E-state index in [2.05, 4.69) is 10.6 Å². The van der Waals surface area contributed by atoms with Gasteiger partial charge >= 0.3 is 12.2 Å². The first-order valence-electron chi connectivity index (χ1n) is 5.15. The molecule has 6 nitrogen and oxygen atoms in total. The Hall–Kier alpha value is -2.24. The molecule has 0 aliphatic carbocycles. The van der Waals surface area contributed by atoms with Crippen molar-refractivity contribution in [1.82, 2.24) is 0 Å². The number of hydrogen-bond acceptors (Lipinski definition) is 3. The van der Waals surface area contributed by atoms with Gasteiger partial charge in [0.15, 0.2) is 0 Å². The Morgan fingerprint density at radius 3 is 2.53 bits per heavy atom. The second-order valence-corrected chi connectivity index (χ2v) is 3.27. The number of ether oxygens (including phenoxy) is 1. The molecule has 92 valence electrons. The molecule has 17 heavy (non-hydrogen) atoms. The molecule has 0 saturated heterocycles. The predicted octanol–water partition coefficient (Wildman–Crippen LogP) is 2.74. The van der Waals surface area contributed by atoms with Crippen LogP contribution in [0.1, 0.15) is 13.3 Å². The highest BCUT2D eigenvalue weighted by Crippen LogP contribution is 2.15. The predicted molar refractivity (Wildman–Crippen MR) is 63.4 cm³/mol. The Morgan fingerprint density at radius 2 is 1.94 bits per heavy atom. The molecule has 0 saturated carbocycles. The Kier molecular flexibility index (Phi) is 4.80. The van der Waals surface area contributed by atoms with Gasteiger partial charge in [0.2, 0.25) is 0 Å². The topological polar surface area (TPSA) is 87.7 Å². The minimum atomic E-state index is -1.16. The van der Waals surface area contributed by atoms with E-state index in [9.17, 15) is 9.59 Å². The van der Waals surface area contributed by atoms with Crippen molar-refractivity contribution in [3.63, 3.8) is 0 Å². The van der Waals surface area contributed by atoms with Gasteiger partial charge < -0.3 is 9.84 Å². The van der Waals surface area contributed by atoms with E-state index in [0.717, 1.165) is 6.42 Å². The SMILES string of the molecule is CCCOC(=O)Nc1cccc(NC(=O)O)c1. The zero-order chi connectivity index (χ0) is 12.7. The van der Waals surface area contributed by atoms with Crippen LogP contribution >= 0.6 is 0 Å². The van der Waals surface area contributed by atoms with Crippen molar-refractivity contribution < 1.29 is 19.4 Å². The van der Waals surface area contributed by atoms with Gasteiger partial charge in [0.1, 0.15) is 0 Å². The van der Waals surface area contributed by atoms with E-state index in [-0.39, 0.29) is 0 Å². The van der Waals surface area contributed by atoms with Crippen molar-refractivity contribution in [2.45, 2.75) is 13.3 Å². The van der Waals surface area contributed by atoms with Crippen LogP contribution in [0.4, 0.5) is 21.0 Å². The number of anilines is 2. The molecule has 1 aromatic carbocycles. The number of nitrogens with one attached hydrogen (secondary N) is 2. The van der Waals surface area contributed by atoms with E-state index in [1.54, 1.807) is 18.2 Å². The number of carboxylic acid groups (broad SMARTS) is 1. The summed E-state index contributed by atoms with van der Waals surface area (Å²) in [6.07, 6.45) is -0.969. The highest BCUT2D eigenvalue weighted by atomic mass is 16.5. The number of rotatable bonds is 4. The van der Waals surface area contributed by atoms with Crippen LogP contribution in [-0.2, 0) is 4.74 Å². The maximum absolute atomic E-state index is 11.2. The lowest BCUT2D eigenvalue weighted by atomic mass is 10.3. The Balaban J connectivity index is 2.59. The fourth-order valence-corrected chi connectivity index (χ4v) is 1.15. The van der Waals surface area contributed by atoms with E-state index in [1.807, 2.05) is 6.92 Å². The fraction of sp³-hybridized carbons (Fsp3) is 0.273. The molecule has 0 radical (unpaired) electrons. The summed E-state index contributed by atoms with van der Waals surface area (Å²) in [4.78, 5) is 21.7. The van der Waals surface area contributed by atoms with Crippen LogP contribution in [-0.4, -0.2) is 23.9 Å². The van der Waals surface area contributed by atoms with Crippen LogP contribution in [0, 0.1) is 0 Å². The molecule has 0 aliphatic heterocycles. The molecule has 0 aliphatic rings. The molecule has 1 rings (SSSR count). The largest absolute Gasteiger partial charge is 0.465 e. The standard InChI is InChI=1S/C11H14N2O4/c1-2-6-17-11(16)13-9-5-3-4-8(7-9)12-10(14)15/h3-5,7,12H,2,6H2,1H3,(H,13,16)(H,14,15). The summed E-state index contributed by atoms with van der Waals surface area (Å²) < 4.78 is 4.83. The van der Waals surface area contributed by atoms with Crippen molar-refractivity contribution in [1.29, 1.82) is 0 Å². The van der Waals surface area contributed by atoms with Crippen LogP contribution in [0.5, 0.6) is 0 Å². The molecule has 0 unspecified atom stereocenters. The molecule has 0 spiro atoms. The van der Waals surface area contributed by atoms with Crippen molar-refractivity contribution in [2.75, 3.05) is 17.2 Å². The van der Waals surface area contributed by atoms with Gasteiger partial charge in [-0.1, -0.05) is 13.0 Å². The zero-order valence-corrected chi connectivity index (χ0v) is 9.40. The molecule has 0 heterocycles. The second-order valence-electron chi connectivity index (χ2n) is 3.27. The van der Waals surface area contributed by atoms with E-state index in [1.165, 1.54) is 6.07 Å². The van der Waals surface area contributed by atoms with Gasteiger partial charge in [-0.15, -0.1) is 0 Å². The average Bonchev–Trinajstić information content (AvgIpc) is 2.26. The van der Waals surface area contributed by atoms with Gasteiger partial charge in [-0.3, -0.25) is 10.6 Å². The molecular weight excluding hydrogens is 224 g/mol. The third-order valence-corrected chi connectivity index (χ3v) is 1.80. The summed E-state index contributed by atoms with van der Waals surface area (Å²) in [6, 6.07) is 6.35. The van der Waals surface area contributed by atoms with Crippen molar-refractivity contribution in [3.05, 3.63) is 24.3 Å². The molecule has 1 aromatic rings. The van der Waals surface area contributed by atoms with E-state index in [0.29, 0.717) is 18.0 Å². The number of carbonyl (C=O) groups is 2. The zero-order valence-electron chi connectivity index (χ0n) is 9.40. The molecule has 0 bridgehead atoms. The molecule has 2 amide bonds. The van der Waals surface area contributed by atoms with E-state index < -0.39 is 12.2 Å². The van der Waals surface area contributed by atoms with E-state index >= 15 is 0 Å². The summed E-state index contributed by atoms with van der Waals surface area (Å²) in [6.45, 7) is 2.24. The molecule has 3 N–H and O–H groups in total. The van der Waals surface area contributed by atoms with Gasteiger partial charge in [-0.25, -0.2) is 9.59 Å². The van der Waals surface area contributed by atoms with Gasteiger partial charge in [0.05, 0.1) is 6.61 Å². The van der Waals surface area contributed by atoms with E-state index in [4.69, 9.17) is 9.84 Å². The van der Waals surface area contributed by atoms with Crippen molar-refractivity contribution in [2.24, 2.45) is 0 Å². The highest BCUT2D eigenvalue weighted by Gasteiger charge is 2.04. The van der Waals surface area contributed by atoms with Crippen LogP contribution in [0.2, 0.25) is 0 Å². The Bertz CT molecular complexity index is 406. The third-order valence-electron chi connectivity index (χ3n) is 1.80. The monoisotopic (exact) mass is 238 g/mol. The molecule has 0 fully saturated rings. The minimum absolute atomic E-state index is 0.346.